The van der Waals surface area contributed by atoms with E-state index in [1.807, 2.05) is 0 Å². The summed E-state index contributed by atoms with van der Waals surface area (Å²) in [5.41, 5.74) is 0. The number of hydrogen-bond acceptors (Lipinski definition) is 2. The summed E-state index contributed by atoms with van der Waals surface area (Å²) in [6.07, 6.45) is 14.6. The molecule has 0 radical (unpaired) electrons. The van der Waals surface area contributed by atoms with Crippen molar-refractivity contribution < 1.29 is 13.6 Å². The van der Waals surface area contributed by atoms with E-state index in [-0.39, 0.29) is 5.97 Å². The summed E-state index contributed by atoms with van der Waals surface area (Å²) < 4.78 is 18.3. The average molecular weight is 331 g/mol. The summed E-state index contributed by atoms with van der Waals surface area (Å²) in [5, 5.41) is 0. The van der Waals surface area contributed by atoms with Crippen LogP contribution in [0.2, 0.25) is 19.1 Å². The first-order chi connectivity index (χ1) is 10.5. The molecular formula is C18H35FO2Si. The van der Waals surface area contributed by atoms with Gasteiger partial charge in [-0.15, -0.1) is 0 Å². The SMILES string of the molecule is C=CC(=O)OCCCCCCCCCCCCC[Si](C)(C)F. The molecule has 0 fully saturated rings. The van der Waals surface area contributed by atoms with Crippen LogP contribution in [0.1, 0.15) is 70.6 Å². The fourth-order valence-corrected chi connectivity index (χ4v) is 3.56. The first kappa shape index (κ1) is 21.4. The minimum Gasteiger partial charge on any atom is -0.463 e. The summed E-state index contributed by atoms with van der Waals surface area (Å²) in [6.45, 7) is 7.48. The van der Waals surface area contributed by atoms with Crippen molar-refractivity contribution in [3.05, 3.63) is 12.7 Å². The normalized spacial score (nSPS) is 11.4. The van der Waals surface area contributed by atoms with Crippen molar-refractivity contribution in [1.82, 2.24) is 0 Å². The third kappa shape index (κ3) is 17.4. The Balaban J connectivity index is 3.09. The van der Waals surface area contributed by atoms with Gasteiger partial charge in [0.1, 0.15) is 0 Å². The van der Waals surface area contributed by atoms with Gasteiger partial charge in [0.05, 0.1) is 6.61 Å². The molecule has 0 aliphatic heterocycles. The molecule has 0 N–H and O–H groups in total. The second kappa shape index (κ2) is 14.0. The lowest BCUT2D eigenvalue weighted by Crippen LogP contribution is -2.16. The van der Waals surface area contributed by atoms with Crippen molar-refractivity contribution >= 4 is 14.4 Å². The van der Waals surface area contributed by atoms with Gasteiger partial charge in [-0.1, -0.05) is 70.8 Å². The minimum absolute atomic E-state index is 0.322. The van der Waals surface area contributed by atoms with Gasteiger partial charge in [0.25, 0.3) is 0 Å². The van der Waals surface area contributed by atoms with Gasteiger partial charge in [0, 0.05) is 6.08 Å². The molecular weight excluding hydrogens is 295 g/mol. The first-order valence-electron chi connectivity index (χ1n) is 8.94. The third-order valence-electron chi connectivity index (χ3n) is 3.83. The molecule has 0 aromatic carbocycles. The molecule has 0 bridgehead atoms. The molecule has 0 spiro atoms. The number of esters is 1. The van der Waals surface area contributed by atoms with Gasteiger partial charge in [-0.25, -0.2) is 4.79 Å². The molecule has 0 saturated heterocycles. The largest absolute Gasteiger partial charge is 0.463 e. The van der Waals surface area contributed by atoms with Crippen LogP contribution in [0.4, 0.5) is 4.11 Å². The maximum Gasteiger partial charge on any atom is 0.330 e. The second-order valence-corrected chi connectivity index (χ2v) is 10.7. The van der Waals surface area contributed by atoms with E-state index in [2.05, 4.69) is 6.58 Å². The van der Waals surface area contributed by atoms with Crippen molar-refractivity contribution in [2.45, 2.75) is 89.8 Å². The second-order valence-electron chi connectivity index (χ2n) is 6.73. The van der Waals surface area contributed by atoms with Crippen LogP contribution in [0.15, 0.2) is 12.7 Å². The predicted molar refractivity (Wildman–Crippen MR) is 95.3 cm³/mol. The van der Waals surface area contributed by atoms with Crippen molar-refractivity contribution in [2.75, 3.05) is 6.61 Å². The Morgan fingerprint density at radius 2 is 1.32 bits per heavy atom. The summed E-state index contributed by atoms with van der Waals surface area (Å²) in [7, 11) is -2.30. The summed E-state index contributed by atoms with van der Waals surface area (Å²) in [6, 6.07) is 0.828. The van der Waals surface area contributed by atoms with E-state index in [0.29, 0.717) is 6.61 Å². The molecule has 0 aromatic rings. The van der Waals surface area contributed by atoms with Crippen LogP contribution < -0.4 is 0 Å². The molecule has 0 amide bonds. The highest BCUT2D eigenvalue weighted by atomic mass is 28.4. The molecule has 0 atom stereocenters. The highest BCUT2D eigenvalue weighted by Crippen LogP contribution is 2.17. The van der Waals surface area contributed by atoms with E-state index in [1.165, 1.54) is 57.4 Å². The average Bonchev–Trinajstić information content (AvgIpc) is 2.46. The number of hydrogen-bond donors (Lipinski definition) is 0. The van der Waals surface area contributed by atoms with Crippen LogP contribution in [0.25, 0.3) is 0 Å². The number of unbranched alkanes of at least 4 members (excludes halogenated alkanes) is 10. The Morgan fingerprint density at radius 3 is 1.73 bits per heavy atom. The highest BCUT2D eigenvalue weighted by Gasteiger charge is 2.18. The molecule has 0 aromatic heterocycles. The number of carbonyl (C=O) groups is 1. The molecule has 0 aliphatic rings. The molecule has 2 nitrogen and oxygen atoms in total. The number of carbonyl (C=O) groups excluding carboxylic acids is 1. The Hall–Kier alpha value is -0.643. The van der Waals surface area contributed by atoms with Crippen molar-refractivity contribution in [1.29, 1.82) is 0 Å². The van der Waals surface area contributed by atoms with Crippen LogP contribution >= 0.6 is 0 Å². The summed E-state index contributed by atoms with van der Waals surface area (Å²) in [4.78, 5) is 10.8. The van der Waals surface area contributed by atoms with Crippen LogP contribution in [0, 0.1) is 0 Å². The predicted octanol–water partition coefficient (Wildman–Crippen LogP) is 6.18. The first-order valence-corrected chi connectivity index (χ1v) is 12.0. The zero-order valence-corrected chi connectivity index (χ0v) is 15.7. The minimum atomic E-state index is -2.30. The van der Waals surface area contributed by atoms with Gasteiger partial charge in [-0.3, -0.25) is 0 Å². The molecule has 0 rings (SSSR count). The lowest BCUT2D eigenvalue weighted by molar-refractivity contribution is -0.137. The molecule has 130 valence electrons. The Bertz CT molecular complexity index is 287. The third-order valence-corrected chi connectivity index (χ3v) is 5.37. The Morgan fingerprint density at radius 1 is 0.909 bits per heavy atom. The van der Waals surface area contributed by atoms with E-state index < -0.39 is 8.41 Å². The van der Waals surface area contributed by atoms with E-state index in [9.17, 15) is 8.90 Å². The molecule has 0 saturated carbocycles. The van der Waals surface area contributed by atoms with Crippen LogP contribution in [0.5, 0.6) is 0 Å². The highest BCUT2D eigenvalue weighted by molar-refractivity contribution is 6.70. The van der Waals surface area contributed by atoms with Gasteiger partial charge in [-0.2, -0.15) is 0 Å². The maximum atomic E-state index is 13.4. The monoisotopic (exact) mass is 330 g/mol. The molecule has 0 aliphatic carbocycles. The summed E-state index contributed by atoms with van der Waals surface area (Å²) in [5.74, 6) is -0.322. The zero-order chi connectivity index (χ0) is 16.7. The smallest absolute Gasteiger partial charge is 0.330 e. The molecule has 0 heterocycles. The topological polar surface area (TPSA) is 26.3 Å². The molecule has 22 heavy (non-hydrogen) atoms. The Kier molecular flexibility index (Phi) is 13.6. The van der Waals surface area contributed by atoms with Crippen molar-refractivity contribution in [3.63, 3.8) is 0 Å². The number of ether oxygens (including phenoxy) is 1. The van der Waals surface area contributed by atoms with Gasteiger partial charge < -0.3 is 8.84 Å². The van der Waals surface area contributed by atoms with E-state index in [0.717, 1.165) is 25.3 Å². The quantitative estimate of drug-likeness (QED) is 0.118. The molecule has 0 unspecified atom stereocenters. The number of halogens is 1. The Labute approximate surface area is 137 Å². The zero-order valence-electron chi connectivity index (χ0n) is 14.7. The van der Waals surface area contributed by atoms with Crippen LogP contribution in [-0.2, 0) is 9.53 Å². The van der Waals surface area contributed by atoms with Gasteiger partial charge >= 0.3 is 5.97 Å². The standard InChI is InChI=1S/C18H35FO2Si/c1-4-18(20)21-16-14-12-10-8-6-5-7-9-11-13-15-17-22(2,3)19/h4H,1,5-17H2,2-3H3. The molecule has 4 heteroatoms. The summed E-state index contributed by atoms with van der Waals surface area (Å²) >= 11 is 0. The van der Waals surface area contributed by atoms with E-state index >= 15 is 0 Å². The van der Waals surface area contributed by atoms with Gasteiger partial charge in [0.2, 0.25) is 8.41 Å². The lowest BCUT2D eigenvalue weighted by atomic mass is 10.1. The fourth-order valence-electron chi connectivity index (χ4n) is 2.47. The van der Waals surface area contributed by atoms with E-state index in [4.69, 9.17) is 4.74 Å². The maximum absolute atomic E-state index is 13.4. The fraction of sp³-hybridized carbons (Fsp3) is 0.833. The van der Waals surface area contributed by atoms with Crippen molar-refractivity contribution in [3.8, 4) is 0 Å². The van der Waals surface area contributed by atoms with Crippen LogP contribution in [0.3, 0.4) is 0 Å². The number of rotatable bonds is 15. The van der Waals surface area contributed by atoms with Gasteiger partial charge in [0.15, 0.2) is 0 Å². The van der Waals surface area contributed by atoms with Crippen LogP contribution in [-0.4, -0.2) is 21.0 Å². The van der Waals surface area contributed by atoms with Crippen molar-refractivity contribution in [2.24, 2.45) is 0 Å². The van der Waals surface area contributed by atoms with Gasteiger partial charge in [-0.05, 0) is 25.6 Å². The van der Waals surface area contributed by atoms with E-state index in [1.54, 1.807) is 13.1 Å². The lowest BCUT2D eigenvalue weighted by Gasteiger charge is -2.09.